The Morgan fingerprint density at radius 3 is 2.58 bits per heavy atom. The van der Waals surface area contributed by atoms with Crippen molar-refractivity contribution in [3.8, 4) is 0 Å². The number of carbonyl (C=O) groups excluding carboxylic acids is 1. The number of nitro groups is 1. The van der Waals surface area contributed by atoms with Crippen molar-refractivity contribution in [3.63, 3.8) is 0 Å². The summed E-state index contributed by atoms with van der Waals surface area (Å²) in [5.41, 5.74) is 0.447. The van der Waals surface area contributed by atoms with Crippen LogP contribution in [0.5, 0.6) is 0 Å². The molecule has 19 heavy (non-hydrogen) atoms. The lowest BCUT2D eigenvalue weighted by atomic mass is 10.1. The number of hydrogen-bond acceptors (Lipinski definition) is 4. The lowest BCUT2D eigenvalue weighted by Crippen LogP contribution is -2.38. The highest BCUT2D eigenvalue weighted by atomic mass is 16.6. The number of hydrogen-bond donors (Lipinski definition) is 2. The largest absolute Gasteiger partial charge is 0.480 e. The number of carbonyl (C=O) groups is 2. The molecule has 0 radical (unpaired) electrons. The average Bonchev–Trinajstić information content (AvgIpc) is 2.37. The molecule has 0 bridgehead atoms. The summed E-state index contributed by atoms with van der Waals surface area (Å²) >= 11 is 0. The lowest BCUT2D eigenvalue weighted by molar-refractivity contribution is -0.385. The summed E-state index contributed by atoms with van der Waals surface area (Å²) in [5, 5.41) is 21.8. The molecule has 0 saturated carbocycles. The Morgan fingerprint density at radius 1 is 1.47 bits per heavy atom. The van der Waals surface area contributed by atoms with Crippen molar-refractivity contribution in [2.45, 2.75) is 26.3 Å². The van der Waals surface area contributed by atoms with Gasteiger partial charge in [-0.1, -0.05) is 13.0 Å². The Labute approximate surface area is 109 Å². The zero-order valence-corrected chi connectivity index (χ0v) is 10.5. The number of aryl methyl sites for hydroxylation is 1. The summed E-state index contributed by atoms with van der Waals surface area (Å²) in [4.78, 5) is 32.7. The van der Waals surface area contributed by atoms with Crippen molar-refractivity contribution in [2.24, 2.45) is 0 Å². The van der Waals surface area contributed by atoms with Crippen molar-refractivity contribution >= 4 is 17.6 Å². The van der Waals surface area contributed by atoms with Gasteiger partial charge in [-0.15, -0.1) is 0 Å². The second-order valence-corrected chi connectivity index (χ2v) is 3.99. The number of nitrogens with one attached hydrogen (secondary N) is 1. The van der Waals surface area contributed by atoms with E-state index in [1.54, 1.807) is 6.92 Å². The summed E-state index contributed by atoms with van der Waals surface area (Å²) in [6, 6.07) is 3.04. The third kappa shape index (κ3) is 3.51. The molecule has 0 unspecified atom stereocenters. The predicted octanol–water partition coefficient (Wildman–Crippen LogP) is 1.36. The number of nitrogens with zero attached hydrogens (tertiary/aromatic N) is 1. The van der Waals surface area contributed by atoms with Gasteiger partial charge in [0.15, 0.2) is 0 Å². The van der Waals surface area contributed by atoms with Gasteiger partial charge in [0, 0.05) is 17.2 Å². The smallest absolute Gasteiger partial charge is 0.325 e. The minimum Gasteiger partial charge on any atom is -0.480 e. The molecule has 0 aromatic heterocycles. The number of amides is 1. The second kappa shape index (κ2) is 5.94. The Hall–Kier alpha value is -2.44. The first-order valence-electron chi connectivity index (χ1n) is 5.67. The van der Waals surface area contributed by atoms with Gasteiger partial charge < -0.3 is 10.4 Å². The van der Waals surface area contributed by atoms with Crippen molar-refractivity contribution in [2.75, 3.05) is 0 Å². The van der Waals surface area contributed by atoms with Gasteiger partial charge in [-0.05, 0) is 19.4 Å². The van der Waals surface area contributed by atoms with Crippen molar-refractivity contribution < 1.29 is 19.6 Å². The van der Waals surface area contributed by atoms with Crippen LogP contribution in [0.1, 0.15) is 29.8 Å². The Balaban J connectivity index is 3.02. The molecule has 1 rings (SSSR count). The maximum absolute atomic E-state index is 11.7. The minimum atomic E-state index is -1.17. The number of nitro benzene ring substituents is 1. The molecule has 0 spiro atoms. The standard InChI is InChI=1S/C12H14N2O5/c1-3-8-4-5-9(6-10(8)14(18)19)11(15)13-7(2)12(16)17/h4-7H,3H2,1-2H3,(H,13,15)(H,16,17)/t7-/m1/s1. The van der Waals surface area contributed by atoms with E-state index >= 15 is 0 Å². The molecular weight excluding hydrogens is 252 g/mol. The van der Waals surface area contributed by atoms with Crippen LogP contribution in [0.3, 0.4) is 0 Å². The van der Waals surface area contributed by atoms with Crippen LogP contribution in [0, 0.1) is 10.1 Å². The Bertz CT molecular complexity index is 527. The average molecular weight is 266 g/mol. The maximum Gasteiger partial charge on any atom is 0.325 e. The van der Waals surface area contributed by atoms with E-state index < -0.39 is 22.8 Å². The maximum atomic E-state index is 11.7. The topological polar surface area (TPSA) is 110 Å². The number of carboxylic acid groups (broad SMARTS) is 1. The van der Waals surface area contributed by atoms with Gasteiger partial charge in [-0.2, -0.15) is 0 Å². The molecule has 0 heterocycles. The van der Waals surface area contributed by atoms with Gasteiger partial charge >= 0.3 is 5.97 Å². The zero-order chi connectivity index (χ0) is 14.6. The summed E-state index contributed by atoms with van der Waals surface area (Å²) in [6.07, 6.45) is 0.476. The van der Waals surface area contributed by atoms with E-state index in [1.165, 1.54) is 19.1 Å². The fraction of sp³-hybridized carbons (Fsp3) is 0.333. The lowest BCUT2D eigenvalue weighted by Gasteiger charge is -2.09. The minimum absolute atomic E-state index is 0.0667. The first-order chi connectivity index (χ1) is 8.86. The number of benzene rings is 1. The quantitative estimate of drug-likeness (QED) is 0.617. The van der Waals surface area contributed by atoms with E-state index in [2.05, 4.69) is 5.32 Å². The molecular formula is C12H14N2O5. The summed E-state index contributed by atoms with van der Waals surface area (Å²) in [7, 11) is 0. The van der Waals surface area contributed by atoms with Crippen LogP contribution in [0.4, 0.5) is 5.69 Å². The molecule has 102 valence electrons. The van der Waals surface area contributed by atoms with E-state index in [9.17, 15) is 19.7 Å². The van der Waals surface area contributed by atoms with Crippen LogP contribution in [0.15, 0.2) is 18.2 Å². The highest BCUT2D eigenvalue weighted by Gasteiger charge is 2.19. The van der Waals surface area contributed by atoms with Crippen LogP contribution < -0.4 is 5.32 Å². The monoisotopic (exact) mass is 266 g/mol. The van der Waals surface area contributed by atoms with Gasteiger partial charge in [-0.25, -0.2) is 0 Å². The van der Waals surface area contributed by atoms with Gasteiger partial charge in [0.25, 0.3) is 11.6 Å². The fourth-order valence-corrected chi connectivity index (χ4v) is 1.52. The summed E-state index contributed by atoms with van der Waals surface area (Å²) < 4.78 is 0. The van der Waals surface area contributed by atoms with E-state index in [1.807, 2.05) is 0 Å². The Kier molecular flexibility index (Phi) is 4.57. The third-order valence-electron chi connectivity index (χ3n) is 2.64. The van der Waals surface area contributed by atoms with E-state index in [0.717, 1.165) is 6.07 Å². The second-order valence-electron chi connectivity index (χ2n) is 3.99. The summed E-state index contributed by atoms with van der Waals surface area (Å²) in [5.74, 6) is -1.83. The molecule has 7 nitrogen and oxygen atoms in total. The van der Waals surface area contributed by atoms with E-state index in [-0.39, 0.29) is 11.3 Å². The highest BCUT2D eigenvalue weighted by molar-refractivity contribution is 5.97. The SMILES string of the molecule is CCc1ccc(C(=O)N[C@H](C)C(=O)O)cc1[N+](=O)[O-]. The molecule has 7 heteroatoms. The zero-order valence-electron chi connectivity index (χ0n) is 10.5. The predicted molar refractivity (Wildman–Crippen MR) is 67.0 cm³/mol. The molecule has 1 aromatic rings. The number of rotatable bonds is 5. The first-order valence-corrected chi connectivity index (χ1v) is 5.67. The molecule has 0 fully saturated rings. The first kappa shape index (κ1) is 14.6. The van der Waals surface area contributed by atoms with Crippen LogP contribution in [-0.4, -0.2) is 27.9 Å². The van der Waals surface area contributed by atoms with E-state index in [0.29, 0.717) is 12.0 Å². The normalized spacial score (nSPS) is 11.7. The number of carboxylic acids is 1. The molecule has 0 saturated heterocycles. The molecule has 0 aliphatic heterocycles. The molecule has 1 atom stereocenters. The van der Waals surface area contributed by atoms with Crippen molar-refractivity contribution in [1.29, 1.82) is 0 Å². The van der Waals surface area contributed by atoms with E-state index in [4.69, 9.17) is 5.11 Å². The number of aliphatic carboxylic acids is 1. The van der Waals surface area contributed by atoms with Gasteiger partial charge in [0.05, 0.1) is 4.92 Å². The van der Waals surface area contributed by atoms with Gasteiger partial charge in [0.2, 0.25) is 0 Å². The molecule has 0 aliphatic carbocycles. The summed E-state index contributed by atoms with van der Waals surface area (Å²) in [6.45, 7) is 3.09. The molecule has 1 amide bonds. The molecule has 1 aromatic carbocycles. The van der Waals surface area contributed by atoms with Crippen molar-refractivity contribution in [1.82, 2.24) is 5.32 Å². The highest BCUT2D eigenvalue weighted by Crippen LogP contribution is 2.20. The van der Waals surface area contributed by atoms with Crippen LogP contribution in [-0.2, 0) is 11.2 Å². The van der Waals surface area contributed by atoms with Crippen LogP contribution >= 0.6 is 0 Å². The van der Waals surface area contributed by atoms with Gasteiger partial charge in [0.1, 0.15) is 6.04 Å². The third-order valence-corrected chi connectivity index (χ3v) is 2.64. The fourth-order valence-electron chi connectivity index (χ4n) is 1.52. The molecule has 0 aliphatic rings. The molecule has 2 N–H and O–H groups in total. The van der Waals surface area contributed by atoms with Crippen LogP contribution in [0.2, 0.25) is 0 Å². The van der Waals surface area contributed by atoms with Crippen LogP contribution in [0.25, 0.3) is 0 Å². The Morgan fingerprint density at radius 2 is 2.11 bits per heavy atom. The van der Waals surface area contributed by atoms with Crippen molar-refractivity contribution in [3.05, 3.63) is 39.4 Å². The van der Waals surface area contributed by atoms with Gasteiger partial charge in [-0.3, -0.25) is 19.7 Å².